The van der Waals surface area contributed by atoms with E-state index in [4.69, 9.17) is 9.84 Å². The van der Waals surface area contributed by atoms with Crippen molar-refractivity contribution in [3.63, 3.8) is 0 Å². The van der Waals surface area contributed by atoms with Crippen molar-refractivity contribution < 1.29 is 14.6 Å². The topological polar surface area (TPSA) is 53.0 Å². The fourth-order valence-corrected chi connectivity index (χ4v) is 2.65. The third-order valence-corrected chi connectivity index (χ3v) is 3.85. The molecule has 1 amide bonds. The van der Waals surface area contributed by atoms with Crippen molar-refractivity contribution in [2.75, 3.05) is 26.2 Å². The molecule has 2 rings (SSSR count). The Hall–Kier alpha value is -1.59. The molecule has 1 aliphatic heterocycles. The van der Waals surface area contributed by atoms with Crippen molar-refractivity contribution in [3.05, 3.63) is 35.4 Å². The molecule has 5 nitrogen and oxygen atoms in total. The van der Waals surface area contributed by atoms with Crippen LogP contribution in [0.25, 0.3) is 0 Å². The third kappa shape index (κ3) is 5.84. The first-order chi connectivity index (χ1) is 10.9. The van der Waals surface area contributed by atoms with Crippen LogP contribution in [0, 0.1) is 0 Å². The van der Waals surface area contributed by atoms with Crippen molar-refractivity contribution >= 4 is 6.09 Å². The second-order valence-corrected chi connectivity index (χ2v) is 7.07. The van der Waals surface area contributed by atoms with E-state index in [1.165, 1.54) is 5.56 Å². The summed E-state index contributed by atoms with van der Waals surface area (Å²) in [6.07, 6.45) is 0.736. The van der Waals surface area contributed by atoms with Gasteiger partial charge in [-0.25, -0.2) is 4.79 Å². The molecule has 0 bridgehead atoms. The number of rotatable bonds is 3. The second-order valence-electron chi connectivity index (χ2n) is 7.07. The summed E-state index contributed by atoms with van der Waals surface area (Å²) in [5.41, 5.74) is 1.71. The smallest absolute Gasteiger partial charge is 0.410 e. The van der Waals surface area contributed by atoms with Gasteiger partial charge in [0.25, 0.3) is 0 Å². The number of amides is 1. The Morgan fingerprint density at radius 3 is 2.35 bits per heavy atom. The van der Waals surface area contributed by atoms with Gasteiger partial charge in [0.1, 0.15) is 5.60 Å². The van der Waals surface area contributed by atoms with Crippen LogP contribution >= 0.6 is 0 Å². The third-order valence-electron chi connectivity index (χ3n) is 3.85. The van der Waals surface area contributed by atoms with E-state index in [1.807, 2.05) is 32.9 Å². The molecule has 0 aromatic heterocycles. The molecular formula is C18H28N2O3. The molecule has 5 heteroatoms. The van der Waals surface area contributed by atoms with Gasteiger partial charge in [0.05, 0.1) is 6.61 Å². The average molecular weight is 320 g/mol. The summed E-state index contributed by atoms with van der Waals surface area (Å²) < 4.78 is 5.46. The first-order valence-electron chi connectivity index (χ1n) is 8.26. The molecule has 1 N–H and O–H groups in total. The summed E-state index contributed by atoms with van der Waals surface area (Å²) in [6.45, 7) is 9.89. The first kappa shape index (κ1) is 17.8. The van der Waals surface area contributed by atoms with Crippen LogP contribution < -0.4 is 0 Å². The molecule has 0 unspecified atom stereocenters. The highest BCUT2D eigenvalue weighted by Crippen LogP contribution is 2.14. The van der Waals surface area contributed by atoms with E-state index in [-0.39, 0.29) is 12.7 Å². The lowest BCUT2D eigenvalue weighted by molar-refractivity contribution is 0.0257. The minimum absolute atomic E-state index is 0.0782. The van der Waals surface area contributed by atoms with Crippen LogP contribution in [0.5, 0.6) is 0 Å². The highest BCUT2D eigenvalue weighted by atomic mass is 16.6. The molecule has 1 saturated heterocycles. The van der Waals surface area contributed by atoms with E-state index in [9.17, 15) is 4.79 Å². The van der Waals surface area contributed by atoms with Gasteiger partial charge in [-0.2, -0.15) is 0 Å². The van der Waals surface area contributed by atoms with Crippen LogP contribution in [0.4, 0.5) is 4.79 Å². The van der Waals surface area contributed by atoms with Gasteiger partial charge >= 0.3 is 6.09 Å². The number of ether oxygens (including phenoxy) is 1. The minimum Gasteiger partial charge on any atom is -0.444 e. The number of nitrogens with zero attached hydrogens (tertiary/aromatic N) is 2. The van der Waals surface area contributed by atoms with Crippen LogP contribution in [-0.2, 0) is 17.9 Å². The number of carbonyl (C=O) groups is 1. The fraction of sp³-hybridized carbons (Fsp3) is 0.611. The van der Waals surface area contributed by atoms with Crippen molar-refractivity contribution in [3.8, 4) is 0 Å². The molecule has 128 valence electrons. The number of hydrogen-bond donors (Lipinski definition) is 1. The van der Waals surface area contributed by atoms with Gasteiger partial charge in [-0.3, -0.25) is 4.90 Å². The summed E-state index contributed by atoms with van der Waals surface area (Å²) in [4.78, 5) is 16.3. The van der Waals surface area contributed by atoms with Crippen LogP contribution in [0.15, 0.2) is 24.3 Å². The van der Waals surface area contributed by atoms with E-state index in [2.05, 4.69) is 17.0 Å². The zero-order chi connectivity index (χ0) is 16.9. The zero-order valence-corrected chi connectivity index (χ0v) is 14.4. The highest BCUT2D eigenvalue weighted by molar-refractivity contribution is 5.68. The molecule has 0 saturated carbocycles. The Kier molecular flexibility index (Phi) is 6.02. The second kappa shape index (κ2) is 7.79. The number of carbonyl (C=O) groups excluding carboxylic acids is 1. The quantitative estimate of drug-likeness (QED) is 0.930. The summed E-state index contributed by atoms with van der Waals surface area (Å²) in [7, 11) is 0. The van der Waals surface area contributed by atoms with Gasteiger partial charge in [0.15, 0.2) is 0 Å². The Balaban J connectivity index is 1.86. The lowest BCUT2D eigenvalue weighted by Gasteiger charge is -2.26. The molecule has 0 spiro atoms. The number of aliphatic hydroxyl groups is 1. The number of hydrogen-bond acceptors (Lipinski definition) is 4. The van der Waals surface area contributed by atoms with Gasteiger partial charge in [0.2, 0.25) is 0 Å². The predicted octanol–water partition coefficient (Wildman–Crippen LogP) is 2.62. The maximum atomic E-state index is 12.2. The van der Waals surface area contributed by atoms with E-state index in [0.29, 0.717) is 6.54 Å². The minimum atomic E-state index is -0.447. The van der Waals surface area contributed by atoms with Crippen molar-refractivity contribution in [1.82, 2.24) is 9.80 Å². The molecular weight excluding hydrogens is 292 g/mol. The monoisotopic (exact) mass is 320 g/mol. The van der Waals surface area contributed by atoms with Crippen molar-refractivity contribution in [1.29, 1.82) is 0 Å². The predicted molar refractivity (Wildman–Crippen MR) is 90.1 cm³/mol. The van der Waals surface area contributed by atoms with E-state index < -0.39 is 5.60 Å². The maximum Gasteiger partial charge on any atom is 0.410 e. The molecule has 1 aliphatic rings. The zero-order valence-electron chi connectivity index (χ0n) is 14.4. The number of aliphatic hydroxyl groups excluding tert-OH is 1. The largest absolute Gasteiger partial charge is 0.444 e. The highest BCUT2D eigenvalue weighted by Gasteiger charge is 2.24. The standard InChI is InChI=1S/C18H28N2O3/c1-18(2,3)23-17(22)20-10-4-9-19(11-12-20)13-15-5-7-16(14-21)8-6-15/h5-8,21H,4,9-14H2,1-3H3. The molecule has 0 aliphatic carbocycles. The lowest BCUT2D eigenvalue weighted by Crippen LogP contribution is -2.39. The lowest BCUT2D eigenvalue weighted by atomic mass is 10.1. The summed E-state index contributed by atoms with van der Waals surface area (Å²) >= 11 is 0. The summed E-state index contributed by atoms with van der Waals surface area (Å²) in [6, 6.07) is 8.03. The Morgan fingerprint density at radius 1 is 1.09 bits per heavy atom. The number of benzene rings is 1. The molecule has 0 atom stereocenters. The molecule has 1 aromatic rings. The molecule has 1 heterocycles. The Bertz CT molecular complexity index is 508. The normalized spacial score (nSPS) is 17.0. The van der Waals surface area contributed by atoms with E-state index in [0.717, 1.165) is 38.2 Å². The van der Waals surface area contributed by atoms with Gasteiger partial charge in [-0.1, -0.05) is 24.3 Å². The van der Waals surface area contributed by atoms with Gasteiger partial charge in [-0.05, 0) is 38.3 Å². The fourth-order valence-electron chi connectivity index (χ4n) is 2.65. The molecule has 23 heavy (non-hydrogen) atoms. The Labute approximate surface area is 138 Å². The van der Waals surface area contributed by atoms with Gasteiger partial charge in [0, 0.05) is 32.7 Å². The molecule has 1 aromatic carbocycles. The van der Waals surface area contributed by atoms with Gasteiger partial charge < -0.3 is 14.7 Å². The van der Waals surface area contributed by atoms with Crippen LogP contribution in [0.2, 0.25) is 0 Å². The van der Waals surface area contributed by atoms with E-state index in [1.54, 1.807) is 4.90 Å². The van der Waals surface area contributed by atoms with Gasteiger partial charge in [-0.15, -0.1) is 0 Å². The van der Waals surface area contributed by atoms with E-state index >= 15 is 0 Å². The Morgan fingerprint density at radius 2 is 1.74 bits per heavy atom. The maximum absolute atomic E-state index is 12.2. The van der Waals surface area contributed by atoms with Crippen LogP contribution in [-0.4, -0.2) is 52.8 Å². The summed E-state index contributed by atoms with van der Waals surface area (Å²) in [5, 5.41) is 9.09. The SMILES string of the molecule is CC(C)(C)OC(=O)N1CCCN(Cc2ccc(CO)cc2)CC1. The average Bonchev–Trinajstić information content (AvgIpc) is 2.72. The van der Waals surface area contributed by atoms with Crippen molar-refractivity contribution in [2.24, 2.45) is 0 Å². The first-order valence-corrected chi connectivity index (χ1v) is 8.26. The molecule has 0 radical (unpaired) electrons. The van der Waals surface area contributed by atoms with Crippen molar-refractivity contribution in [2.45, 2.75) is 45.9 Å². The van der Waals surface area contributed by atoms with Crippen LogP contribution in [0.3, 0.4) is 0 Å². The molecule has 1 fully saturated rings. The summed E-state index contributed by atoms with van der Waals surface area (Å²) in [5.74, 6) is 0. The van der Waals surface area contributed by atoms with Crippen LogP contribution in [0.1, 0.15) is 38.3 Å².